The quantitative estimate of drug-likeness (QED) is 0.413. The van der Waals surface area contributed by atoms with E-state index < -0.39 is 5.91 Å². The Labute approximate surface area is 152 Å². The fourth-order valence-electron chi connectivity index (χ4n) is 1.65. The van der Waals surface area contributed by atoms with Crippen molar-refractivity contribution >= 4 is 51.2 Å². The molecule has 2 aromatic rings. The molecule has 0 radical (unpaired) electrons. The number of hydrogen-bond acceptors (Lipinski definition) is 4. The van der Waals surface area contributed by atoms with Gasteiger partial charge in [0.05, 0.1) is 6.26 Å². The Balaban J connectivity index is 1.80. The molecule has 6 nitrogen and oxygen atoms in total. The van der Waals surface area contributed by atoms with Crippen LogP contribution in [0.5, 0.6) is 0 Å². The molecule has 1 aromatic carbocycles. The van der Waals surface area contributed by atoms with Crippen molar-refractivity contribution in [1.29, 1.82) is 0 Å². The van der Waals surface area contributed by atoms with E-state index in [1.165, 1.54) is 18.4 Å². The zero-order valence-electron chi connectivity index (χ0n) is 12.6. The van der Waals surface area contributed by atoms with E-state index in [-0.39, 0.29) is 11.0 Å². The molecule has 0 aliphatic rings. The smallest absolute Gasteiger partial charge is 0.269 e. The lowest BCUT2D eigenvalue weighted by Crippen LogP contribution is -2.48. The van der Waals surface area contributed by atoms with Crippen molar-refractivity contribution in [2.24, 2.45) is 0 Å². The summed E-state index contributed by atoms with van der Waals surface area (Å²) in [6.45, 7) is 1.92. The van der Waals surface area contributed by atoms with Crippen LogP contribution in [0.3, 0.4) is 0 Å². The number of aryl methyl sites for hydroxylation is 1. The number of rotatable bonds is 3. The second kappa shape index (κ2) is 8.42. The van der Waals surface area contributed by atoms with E-state index in [1.807, 2.05) is 13.0 Å². The monoisotopic (exact) mass is 407 g/mol. The molecule has 0 fully saturated rings. The van der Waals surface area contributed by atoms with Crippen molar-refractivity contribution in [3.63, 3.8) is 0 Å². The van der Waals surface area contributed by atoms with E-state index in [0.29, 0.717) is 11.3 Å². The highest BCUT2D eigenvalue weighted by molar-refractivity contribution is 9.10. The lowest BCUT2D eigenvalue weighted by Gasteiger charge is -2.10. The van der Waals surface area contributed by atoms with E-state index in [2.05, 4.69) is 32.1 Å². The molecule has 0 spiro atoms. The maximum absolute atomic E-state index is 12.0. The molecule has 2 amide bonds. The molecule has 8 heteroatoms. The SMILES string of the molecule is Cc1ccc(C(=O)NNC(=S)NC(=O)/C=C/c2ccco2)cc1Br. The number of halogens is 1. The number of furan rings is 1. The van der Waals surface area contributed by atoms with Crippen molar-refractivity contribution in [2.45, 2.75) is 6.92 Å². The first-order chi connectivity index (χ1) is 11.5. The van der Waals surface area contributed by atoms with Crippen molar-refractivity contribution in [3.8, 4) is 0 Å². The Hall–Kier alpha value is -2.45. The van der Waals surface area contributed by atoms with Crippen LogP contribution in [0, 0.1) is 6.92 Å². The van der Waals surface area contributed by atoms with E-state index in [4.69, 9.17) is 16.6 Å². The summed E-state index contributed by atoms with van der Waals surface area (Å²) in [6, 6.07) is 8.62. The lowest BCUT2D eigenvalue weighted by atomic mass is 10.1. The topological polar surface area (TPSA) is 83.4 Å². The van der Waals surface area contributed by atoms with Gasteiger partial charge in [-0.3, -0.25) is 25.8 Å². The summed E-state index contributed by atoms with van der Waals surface area (Å²) in [6.07, 6.45) is 4.27. The number of nitrogens with one attached hydrogen (secondary N) is 3. The molecular weight excluding hydrogens is 394 g/mol. The summed E-state index contributed by atoms with van der Waals surface area (Å²) < 4.78 is 5.89. The van der Waals surface area contributed by atoms with Gasteiger partial charge in [0.2, 0.25) is 5.91 Å². The van der Waals surface area contributed by atoms with Crippen LogP contribution < -0.4 is 16.2 Å². The Morgan fingerprint density at radius 3 is 2.71 bits per heavy atom. The number of benzene rings is 1. The predicted molar refractivity (Wildman–Crippen MR) is 98.0 cm³/mol. The summed E-state index contributed by atoms with van der Waals surface area (Å²) >= 11 is 8.30. The Morgan fingerprint density at radius 1 is 1.25 bits per heavy atom. The maximum Gasteiger partial charge on any atom is 0.269 e. The summed E-state index contributed by atoms with van der Waals surface area (Å²) in [7, 11) is 0. The van der Waals surface area contributed by atoms with Gasteiger partial charge in [0.25, 0.3) is 5.91 Å². The van der Waals surface area contributed by atoms with Gasteiger partial charge >= 0.3 is 0 Å². The number of carbonyl (C=O) groups is 2. The Bertz CT molecular complexity index is 788. The fraction of sp³-hybridized carbons (Fsp3) is 0.0625. The highest BCUT2D eigenvalue weighted by Crippen LogP contribution is 2.17. The van der Waals surface area contributed by atoms with Crippen molar-refractivity contribution in [3.05, 3.63) is 64.0 Å². The lowest BCUT2D eigenvalue weighted by molar-refractivity contribution is -0.115. The number of amides is 2. The minimum Gasteiger partial charge on any atom is -0.465 e. The average Bonchev–Trinajstić information content (AvgIpc) is 3.06. The van der Waals surface area contributed by atoms with Crippen LogP contribution in [0.15, 0.2) is 51.6 Å². The van der Waals surface area contributed by atoms with Crippen LogP contribution in [0.1, 0.15) is 21.7 Å². The summed E-state index contributed by atoms with van der Waals surface area (Å²) in [4.78, 5) is 23.6. The molecule has 3 N–H and O–H groups in total. The molecule has 0 aliphatic heterocycles. The first kappa shape index (κ1) is 17.9. The number of hydrazine groups is 1. The highest BCUT2D eigenvalue weighted by Gasteiger charge is 2.08. The van der Waals surface area contributed by atoms with Crippen LogP contribution >= 0.6 is 28.1 Å². The normalized spacial score (nSPS) is 10.4. The third-order valence-electron chi connectivity index (χ3n) is 2.90. The van der Waals surface area contributed by atoms with E-state index in [1.54, 1.807) is 24.3 Å². The van der Waals surface area contributed by atoms with Crippen molar-refractivity contribution in [1.82, 2.24) is 16.2 Å². The van der Waals surface area contributed by atoms with Crippen LogP contribution in [0.4, 0.5) is 0 Å². The van der Waals surface area contributed by atoms with Crippen molar-refractivity contribution < 1.29 is 14.0 Å². The summed E-state index contributed by atoms with van der Waals surface area (Å²) in [5.74, 6) is -0.281. The van der Waals surface area contributed by atoms with Gasteiger partial charge in [0, 0.05) is 16.1 Å². The molecule has 0 bridgehead atoms. The first-order valence-electron chi connectivity index (χ1n) is 6.85. The third kappa shape index (κ3) is 5.32. The van der Waals surface area contributed by atoms with E-state index >= 15 is 0 Å². The van der Waals surface area contributed by atoms with Gasteiger partial charge < -0.3 is 4.42 Å². The molecular formula is C16H14BrN3O3S. The van der Waals surface area contributed by atoms with Gasteiger partial charge in [-0.25, -0.2) is 0 Å². The number of carbonyl (C=O) groups excluding carboxylic acids is 2. The van der Waals surface area contributed by atoms with Crippen molar-refractivity contribution in [2.75, 3.05) is 0 Å². The molecule has 0 atom stereocenters. The molecule has 2 rings (SSSR count). The Kier molecular flexibility index (Phi) is 6.28. The molecule has 0 aliphatic carbocycles. The van der Waals surface area contributed by atoms with Crippen LogP contribution in [-0.4, -0.2) is 16.9 Å². The largest absolute Gasteiger partial charge is 0.465 e. The highest BCUT2D eigenvalue weighted by atomic mass is 79.9. The standard InChI is InChI=1S/C16H14BrN3O3S/c1-10-4-5-11(9-13(10)17)15(22)19-20-16(24)18-14(21)7-6-12-3-2-8-23-12/h2-9H,1H3,(H,19,22)(H2,18,20,21,24)/b7-6+. The Morgan fingerprint density at radius 2 is 2.04 bits per heavy atom. The first-order valence-corrected chi connectivity index (χ1v) is 8.05. The predicted octanol–water partition coefficient (Wildman–Crippen LogP) is 2.70. The van der Waals surface area contributed by atoms with Crippen LogP contribution in [-0.2, 0) is 4.79 Å². The summed E-state index contributed by atoms with van der Waals surface area (Å²) in [5, 5.41) is 2.37. The summed E-state index contributed by atoms with van der Waals surface area (Å²) in [5.41, 5.74) is 6.35. The molecule has 0 unspecified atom stereocenters. The van der Waals surface area contributed by atoms with Gasteiger partial charge in [-0.05, 0) is 55.0 Å². The van der Waals surface area contributed by atoms with Crippen LogP contribution in [0.2, 0.25) is 0 Å². The minimum absolute atomic E-state index is 0.0244. The fourth-order valence-corrected chi connectivity index (χ4v) is 2.18. The number of hydrogen-bond donors (Lipinski definition) is 3. The van der Waals surface area contributed by atoms with Gasteiger partial charge in [-0.2, -0.15) is 0 Å². The van der Waals surface area contributed by atoms with Gasteiger partial charge in [0.15, 0.2) is 5.11 Å². The zero-order chi connectivity index (χ0) is 17.5. The van der Waals surface area contributed by atoms with E-state index in [0.717, 1.165) is 10.0 Å². The van der Waals surface area contributed by atoms with Gasteiger partial charge in [0.1, 0.15) is 5.76 Å². The molecule has 0 saturated heterocycles. The zero-order valence-corrected chi connectivity index (χ0v) is 15.0. The second-order valence-corrected chi connectivity index (χ2v) is 5.97. The maximum atomic E-state index is 12.0. The van der Waals surface area contributed by atoms with E-state index in [9.17, 15) is 9.59 Å². The van der Waals surface area contributed by atoms with Crippen LogP contribution in [0.25, 0.3) is 6.08 Å². The molecule has 24 heavy (non-hydrogen) atoms. The molecule has 1 aromatic heterocycles. The second-order valence-electron chi connectivity index (χ2n) is 4.71. The number of thiocarbonyl (C=S) groups is 1. The van der Waals surface area contributed by atoms with Gasteiger partial charge in [-0.15, -0.1) is 0 Å². The van der Waals surface area contributed by atoms with Gasteiger partial charge in [-0.1, -0.05) is 22.0 Å². The molecule has 124 valence electrons. The molecule has 0 saturated carbocycles. The molecule has 1 heterocycles. The minimum atomic E-state index is -0.448. The average molecular weight is 408 g/mol. The third-order valence-corrected chi connectivity index (χ3v) is 3.96.